The van der Waals surface area contributed by atoms with Crippen molar-refractivity contribution in [3.63, 3.8) is 0 Å². The van der Waals surface area contributed by atoms with Crippen molar-refractivity contribution in [1.29, 1.82) is 0 Å². The fraction of sp³-hybridized carbons (Fsp3) is 0.778. The number of carboxylic acids is 1. The quantitative estimate of drug-likeness (QED) is 0.705. The summed E-state index contributed by atoms with van der Waals surface area (Å²) in [6, 6.07) is -0.697. The van der Waals surface area contributed by atoms with Gasteiger partial charge in [0.25, 0.3) is 0 Å². The number of carboxylic acid groups (broad SMARTS) is 1. The molecule has 4 heteroatoms. The molecule has 1 aliphatic rings. The number of carbonyl (C=O) groups is 1. The van der Waals surface area contributed by atoms with E-state index in [0.717, 1.165) is 0 Å². The number of hydrogen-bond acceptors (Lipinski definition) is 3. The van der Waals surface area contributed by atoms with Crippen LogP contribution in [0.15, 0.2) is 4.99 Å². The second kappa shape index (κ2) is 3.36. The van der Waals surface area contributed by atoms with Gasteiger partial charge in [-0.15, -0.1) is 0 Å². The number of rotatable bonds is 2. The smallest absolute Gasteiger partial charge is 0.332 e. The van der Waals surface area contributed by atoms with Gasteiger partial charge in [0.2, 0.25) is 0 Å². The molecule has 1 N–H and O–H groups in total. The first-order valence-corrected chi connectivity index (χ1v) is 4.31. The van der Waals surface area contributed by atoms with Crippen molar-refractivity contribution in [2.24, 2.45) is 10.4 Å². The van der Waals surface area contributed by atoms with Crippen LogP contribution in [0.25, 0.3) is 0 Å². The van der Waals surface area contributed by atoms with Crippen molar-refractivity contribution >= 4 is 11.9 Å². The standard InChI is InChI=1S/C9H15NO3/c1-9(2,3)4-7-10-6(5-13-7)8(11)12/h6H,4-5H2,1-3H3,(H,11,12). The first kappa shape index (κ1) is 10.0. The molecule has 0 saturated heterocycles. The molecule has 0 aromatic heterocycles. The van der Waals surface area contributed by atoms with Gasteiger partial charge in [0.05, 0.1) is 0 Å². The lowest BCUT2D eigenvalue weighted by Gasteiger charge is -2.16. The van der Waals surface area contributed by atoms with Gasteiger partial charge in [-0.2, -0.15) is 0 Å². The third-order valence-corrected chi connectivity index (χ3v) is 1.67. The molecule has 0 fully saturated rings. The van der Waals surface area contributed by atoms with Crippen LogP contribution in [-0.4, -0.2) is 29.6 Å². The van der Waals surface area contributed by atoms with E-state index in [-0.39, 0.29) is 12.0 Å². The molecular formula is C9H15NO3. The zero-order valence-corrected chi connectivity index (χ0v) is 8.20. The van der Waals surface area contributed by atoms with Gasteiger partial charge < -0.3 is 9.84 Å². The highest BCUT2D eigenvalue weighted by Crippen LogP contribution is 2.22. The van der Waals surface area contributed by atoms with Crippen LogP contribution in [-0.2, 0) is 9.53 Å². The third-order valence-electron chi connectivity index (χ3n) is 1.67. The van der Waals surface area contributed by atoms with E-state index in [0.29, 0.717) is 12.3 Å². The molecular weight excluding hydrogens is 170 g/mol. The lowest BCUT2D eigenvalue weighted by molar-refractivity contribution is -0.138. The van der Waals surface area contributed by atoms with E-state index in [1.807, 2.05) is 0 Å². The second-order valence-electron chi connectivity index (χ2n) is 4.43. The van der Waals surface area contributed by atoms with Gasteiger partial charge in [0.15, 0.2) is 11.9 Å². The van der Waals surface area contributed by atoms with E-state index in [2.05, 4.69) is 25.8 Å². The number of aliphatic imine (C=N–C) groups is 1. The minimum Gasteiger partial charge on any atom is -0.480 e. The SMILES string of the molecule is CC(C)(C)CC1=NC(C(=O)O)CO1. The minimum absolute atomic E-state index is 0.0895. The van der Waals surface area contributed by atoms with Crippen molar-refractivity contribution in [3.8, 4) is 0 Å². The Morgan fingerprint density at radius 1 is 1.69 bits per heavy atom. The molecule has 0 saturated carbocycles. The van der Waals surface area contributed by atoms with Gasteiger partial charge in [0.1, 0.15) is 6.61 Å². The molecule has 1 aliphatic heterocycles. The Balaban J connectivity index is 2.55. The van der Waals surface area contributed by atoms with Gasteiger partial charge in [0, 0.05) is 6.42 Å². The Hall–Kier alpha value is -1.06. The van der Waals surface area contributed by atoms with Crippen LogP contribution >= 0.6 is 0 Å². The third kappa shape index (κ3) is 3.05. The van der Waals surface area contributed by atoms with E-state index in [9.17, 15) is 4.79 Å². The Bertz CT molecular complexity index is 240. The van der Waals surface area contributed by atoms with Crippen LogP contribution in [0, 0.1) is 5.41 Å². The van der Waals surface area contributed by atoms with Crippen LogP contribution in [0.4, 0.5) is 0 Å². The van der Waals surface area contributed by atoms with E-state index in [4.69, 9.17) is 9.84 Å². The molecule has 1 heterocycles. The zero-order chi connectivity index (χ0) is 10.1. The maximum absolute atomic E-state index is 10.5. The zero-order valence-electron chi connectivity index (χ0n) is 8.20. The molecule has 0 spiro atoms. The Morgan fingerprint density at radius 3 is 2.69 bits per heavy atom. The van der Waals surface area contributed by atoms with Gasteiger partial charge in [-0.1, -0.05) is 20.8 Å². The molecule has 13 heavy (non-hydrogen) atoms. The molecule has 1 rings (SSSR count). The van der Waals surface area contributed by atoms with E-state index in [1.165, 1.54) is 0 Å². The van der Waals surface area contributed by atoms with Crippen LogP contribution in [0.2, 0.25) is 0 Å². The normalized spacial score (nSPS) is 22.4. The van der Waals surface area contributed by atoms with E-state index < -0.39 is 12.0 Å². The fourth-order valence-corrected chi connectivity index (χ4v) is 1.10. The summed E-state index contributed by atoms with van der Waals surface area (Å²) in [5.41, 5.74) is 0.0895. The predicted molar refractivity (Wildman–Crippen MR) is 48.9 cm³/mol. The van der Waals surface area contributed by atoms with Crippen LogP contribution in [0.1, 0.15) is 27.2 Å². The van der Waals surface area contributed by atoms with E-state index >= 15 is 0 Å². The van der Waals surface area contributed by atoms with Crippen molar-refractivity contribution in [2.75, 3.05) is 6.61 Å². The highest BCUT2D eigenvalue weighted by molar-refractivity contribution is 5.84. The molecule has 0 aromatic carbocycles. The Labute approximate surface area is 77.6 Å². The lowest BCUT2D eigenvalue weighted by atomic mass is 9.92. The molecule has 1 atom stereocenters. The van der Waals surface area contributed by atoms with Gasteiger partial charge >= 0.3 is 5.97 Å². The predicted octanol–water partition coefficient (Wildman–Crippen LogP) is 1.30. The maximum atomic E-state index is 10.5. The minimum atomic E-state index is -0.913. The molecule has 0 aromatic rings. The highest BCUT2D eigenvalue weighted by Gasteiger charge is 2.27. The average molecular weight is 185 g/mol. The highest BCUT2D eigenvalue weighted by atomic mass is 16.5. The number of ether oxygens (including phenoxy) is 1. The Kier molecular flexibility index (Phi) is 2.59. The van der Waals surface area contributed by atoms with Crippen molar-refractivity contribution in [2.45, 2.75) is 33.2 Å². The first-order chi connectivity index (χ1) is 5.88. The van der Waals surface area contributed by atoms with Gasteiger partial charge in [-0.05, 0) is 5.41 Å². The summed E-state index contributed by atoms with van der Waals surface area (Å²) in [5, 5.41) is 8.64. The molecule has 0 radical (unpaired) electrons. The van der Waals surface area contributed by atoms with E-state index in [1.54, 1.807) is 0 Å². The summed E-state index contributed by atoms with van der Waals surface area (Å²) in [5.74, 6) is -0.344. The topological polar surface area (TPSA) is 58.9 Å². The summed E-state index contributed by atoms with van der Waals surface area (Å²) in [6.07, 6.45) is 0.691. The average Bonchev–Trinajstić information content (AvgIpc) is 2.31. The van der Waals surface area contributed by atoms with Crippen LogP contribution < -0.4 is 0 Å². The lowest BCUT2D eigenvalue weighted by Crippen LogP contribution is -2.18. The second-order valence-corrected chi connectivity index (χ2v) is 4.43. The molecule has 1 unspecified atom stereocenters. The van der Waals surface area contributed by atoms with Crippen molar-refractivity contribution in [3.05, 3.63) is 0 Å². The summed E-state index contributed by atoms with van der Waals surface area (Å²) in [4.78, 5) is 14.5. The molecule has 0 amide bonds. The summed E-state index contributed by atoms with van der Waals surface area (Å²) < 4.78 is 5.17. The summed E-state index contributed by atoms with van der Waals surface area (Å²) >= 11 is 0. The van der Waals surface area contributed by atoms with Crippen molar-refractivity contribution in [1.82, 2.24) is 0 Å². The maximum Gasteiger partial charge on any atom is 0.332 e. The van der Waals surface area contributed by atoms with Crippen LogP contribution in [0.5, 0.6) is 0 Å². The first-order valence-electron chi connectivity index (χ1n) is 4.31. The molecule has 4 nitrogen and oxygen atoms in total. The number of hydrogen-bond donors (Lipinski definition) is 1. The monoisotopic (exact) mass is 185 g/mol. The fourth-order valence-electron chi connectivity index (χ4n) is 1.10. The molecule has 0 bridgehead atoms. The summed E-state index contributed by atoms with van der Waals surface area (Å²) in [7, 11) is 0. The molecule has 74 valence electrons. The number of nitrogens with zero attached hydrogens (tertiary/aromatic N) is 1. The van der Waals surface area contributed by atoms with Crippen LogP contribution in [0.3, 0.4) is 0 Å². The number of aliphatic carboxylic acids is 1. The van der Waals surface area contributed by atoms with Gasteiger partial charge in [-0.3, -0.25) is 0 Å². The van der Waals surface area contributed by atoms with Crippen molar-refractivity contribution < 1.29 is 14.6 Å². The van der Waals surface area contributed by atoms with Gasteiger partial charge in [-0.25, -0.2) is 9.79 Å². The Morgan fingerprint density at radius 2 is 2.31 bits per heavy atom. The molecule has 0 aliphatic carbocycles. The summed E-state index contributed by atoms with van der Waals surface area (Å²) in [6.45, 7) is 6.37. The largest absolute Gasteiger partial charge is 0.480 e.